The zero-order valence-electron chi connectivity index (χ0n) is 19.9. The lowest BCUT2D eigenvalue weighted by molar-refractivity contribution is -0.126. The predicted molar refractivity (Wildman–Crippen MR) is 130 cm³/mol. The molecule has 1 aromatic heterocycles. The molecule has 1 N–H and O–H groups in total. The molecule has 1 fully saturated rings. The van der Waals surface area contributed by atoms with Crippen LogP contribution in [0.4, 0.5) is 0 Å². The van der Waals surface area contributed by atoms with E-state index in [9.17, 15) is 9.59 Å². The molecule has 5 rings (SSSR count). The van der Waals surface area contributed by atoms with Gasteiger partial charge in [-0.05, 0) is 24.5 Å². The van der Waals surface area contributed by atoms with Crippen LogP contribution in [0.2, 0.25) is 0 Å². The number of rotatable bonds is 6. The molecule has 0 spiro atoms. The van der Waals surface area contributed by atoms with Crippen LogP contribution in [0.25, 0.3) is 0 Å². The van der Waals surface area contributed by atoms with E-state index >= 15 is 0 Å². The quantitative estimate of drug-likeness (QED) is 0.592. The van der Waals surface area contributed by atoms with Gasteiger partial charge in [0.1, 0.15) is 11.9 Å². The number of nitrogens with zero attached hydrogens (tertiary/aromatic N) is 3. The van der Waals surface area contributed by atoms with Gasteiger partial charge in [-0.15, -0.1) is 0 Å². The Labute approximate surface area is 204 Å². The third-order valence-electron chi connectivity index (χ3n) is 6.90. The van der Waals surface area contributed by atoms with E-state index in [1.165, 1.54) is 0 Å². The zero-order chi connectivity index (χ0) is 24.2. The first-order valence-electron chi connectivity index (χ1n) is 12.0. The fourth-order valence-electron chi connectivity index (χ4n) is 4.85. The summed E-state index contributed by atoms with van der Waals surface area (Å²) in [5.41, 5.74) is 3.33. The van der Waals surface area contributed by atoms with Crippen LogP contribution in [0.3, 0.4) is 0 Å². The Hall–Kier alpha value is -3.65. The number of para-hydroxylation sites is 1. The first-order valence-corrected chi connectivity index (χ1v) is 12.0. The average Bonchev–Trinajstić information content (AvgIpc) is 3.35. The van der Waals surface area contributed by atoms with Gasteiger partial charge in [-0.3, -0.25) is 9.59 Å². The molecule has 0 radical (unpaired) electrons. The maximum atomic E-state index is 13.2. The molecule has 0 bridgehead atoms. The van der Waals surface area contributed by atoms with E-state index in [4.69, 9.17) is 9.47 Å². The SMILES string of the molecule is COc1ccccc1CNC(=O)C1CCN(C(=O)c2ncn3c2CO[C@H](c2ccccc2)C3)CC1. The lowest BCUT2D eigenvalue weighted by Gasteiger charge is -2.31. The molecule has 8 heteroatoms. The van der Waals surface area contributed by atoms with Gasteiger partial charge in [0.15, 0.2) is 5.69 Å². The summed E-state index contributed by atoms with van der Waals surface area (Å²) in [6.07, 6.45) is 2.95. The summed E-state index contributed by atoms with van der Waals surface area (Å²) < 4.78 is 13.4. The smallest absolute Gasteiger partial charge is 0.274 e. The maximum absolute atomic E-state index is 13.2. The average molecular weight is 475 g/mol. The molecule has 2 aromatic carbocycles. The number of nitrogens with one attached hydrogen (secondary N) is 1. The number of hydrogen-bond donors (Lipinski definition) is 1. The monoisotopic (exact) mass is 474 g/mol. The zero-order valence-corrected chi connectivity index (χ0v) is 19.9. The van der Waals surface area contributed by atoms with E-state index in [-0.39, 0.29) is 23.8 Å². The van der Waals surface area contributed by atoms with Gasteiger partial charge in [0.05, 0.1) is 32.3 Å². The van der Waals surface area contributed by atoms with Gasteiger partial charge in [-0.25, -0.2) is 4.98 Å². The maximum Gasteiger partial charge on any atom is 0.274 e. The third-order valence-corrected chi connectivity index (χ3v) is 6.90. The van der Waals surface area contributed by atoms with Crippen molar-refractivity contribution >= 4 is 11.8 Å². The second kappa shape index (κ2) is 10.3. The molecule has 182 valence electrons. The fourth-order valence-corrected chi connectivity index (χ4v) is 4.85. The molecule has 1 atom stereocenters. The van der Waals surface area contributed by atoms with E-state index < -0.39 is 0 Å². The molecule has 8 nitrogen and oxygen atoms in total. The summed E-state index contributed by atoms with van der Waals surface area (Å²) in [5.74, 6) is 0.575. The number of amides is 2. The lowest BCUT2D eigenvalue weighted by atomic mass is 9.95. The Morgan fingerprint density at radius 2 is 1.83 bits per heavy atom. The van der Waals surface area contributed by atoms with Crippen LogP contribution >= 0.6 is 0 Å². The number of piperidine rings is 1. The van der Waals surface area contributed by atoms with Crippen LogP contribution in [-0.4, -0.2) is 46.5 Å². The Bertz CT molecular complexity index is 1180. The number of ether oxygens (including phenoxy) is 2. The van der Waals surface area contributed by atoms with Gasteiger partial charge in [-0.1, -0.05) is 48.5 Å². The van der Waals surface area contributed by atoms with E-state index in [2.05, 4.69) is 22.4 Å². The second-order valence-corrected chi connectivity index (χ2v) is 9.00. The summed E-state index contributed by atoms with van der Waals surface area (Å²) in [6.45, 7) is 2.47. The molecular formula is C27H30N4O4. The number of carbonyl (C=O) groups is 2. The Balaban J connectivity index is 1.15. The molecule has 2 aliphatic heterocycles. The van der Waals surface area contributed by atoms with Crippen LogP contribution in [-0.2, 0) is 29.2 Å². The standard InChI is InChI=1S/C27H30N4O4/c1-34-23-10-6-5-9-21(23)15-28-26(32)20-11-13-30(14-12-20)27(33)25-22-17-35-24(16-31(22)18-29-25)19-7-3-2-4-8-19/h2-10,18,20,24H,11-17H2,1H3,(H,28,32)/t24-/m0/s1. The van der Waals surface area contributed by atoms with Gasteiger partial charge >= 0.3 is 0 Å². The number of imidazole rings is 1. The van der Waals surface area contributed by atoms with E-state index in [1.54, 1.807) is 18.3 Å². The number of methoxy groups -OCH3 is 1. The molecule has 3 aromatic rings. The number of aromatic nitrogens is 2. The summed E-state index contributed by atoms with van der Waals surface area (Å²) >= 11 is 0. The molecule has 2 amide bonds. The van der Waals surface area contributed by atoms with Crippen molar-refractivity contribution in [2.75, 3.05) is 20.2 Å². The van der Waals surface area contributed by atoms with Gasteiger partial charge in [0.25, 0.3) is 5.91 Å². The van der Waals surface area contributed by atoms with Gasteiger partial charge in [-0.2, -0.15) is 0 Å². The lowest BCUT2D eigenvalue weighted by Crippen LogP contribution is -2.43. The summed E-state index contributed by atoms with van der Waals surface area (Å²) in [5, 5.41) is 3.02. The summed E-state index contributed by atoms with van der Waals surface area (Å²) in [7, 11) is 1.62. The van der Waals surface area contributed by atoms with Gasteiger partial charge in [0.2, 0.25) is 5.91 Å². The van der Waals surface area contributed by atoms with Crippen LogP contribution in [0.1, 0.15) is 46.3 Å². The van der Waals surface area contributed by atoms with Crippen molar-refractivity contribution in [3.05, 3.63) is 83.4 Å². The number of benzene rings is 2. The largest absolute Gasteiger partial charge is 0.496 e. The molecule has 0 aliphatic carbocycles. The second-order valence-electron chi connectivity index (χ2n) is 9.00. The highest BCUT2D eigenvalue weighted by molar-refractivity contribution is 5.93. The minimum absolute atomic E-state index is 0.0164. The summed E-state index contributed by atoms with van der Waals surface area (Å²) in [4.78, 5) is 32.2. The van der Waals surface area contributed by atoms with E-state index in [1.807, 2.05) is 47.0 Å². The Morgan fingerprint density at radius 3 is 2.60 bits per heavy atom. The van der Waals surface area contributed by atoms with E-state index in [0.717, 1.165) is 22.6 Å². The highest BCUT2D eigenvalue weighted by Gasteiger charge is 2.32. The van der Waals surface area contributed by atoms with Crippen molar-refractivity contribution in [1.29, 1.82) is 0 Å². The summed E-state index contributed by atoms with van der Waals surface area (Å²) in [6, 6.07) is 17.7. The fraction of sp³-hybridized carbons (Fsp3) is 0.370. The van der Waals surface area contributed by atoms with Crippen molar-refractivity contribution in [1.82, 2.24) is 19.8 Å². The molecule has 35 heavy (non-hydrogen) atoms. The number of carbonyl (C=O) groups excluding carboxylic acids is 2. The van der Waals surface area contributed by atoms with Crippen molar-refractivity contribution in [3.63, 3.8) is 0 Å². The van der Waals surface area contributed by atoms with Crippen molar-refractivity contribution < 1.29 is 19.1 Å². The highest BCUT2D eigenvalue weighted by Crippen LogP contribution is 2.29. The number of hydrogen-bond acceptors (Lipinski definition) is 5. The molecular weight excluding hydrogens is 444 g/mol. The van der Waals surface area contributed by atoms with Crippen molar-refractivity contribution in [2.24, 2.45) is 5.92 Å². The Morgan fingerprint density at radius 1 is 1.09 bits per heavy atom. The first-order chi connectivity index (χ1) is 17.1. The number of fused-ring (bicyclic) bond motifs is 1. The van der Waals surface area contributed by atoms with Crippen LogP contribution < -0.4 is 10.1 Å². The highest BCUT2D eigenvalue weighted by atomic mass is 16.5. The topological polar surface area (TPSA) is 85.7 Å². The third kappa shape index (κ3) is 4.93. The molecule has 2 aliphatic rings. The first kappa shape index (κ1) is 23.1. The number of likely N-dealkylation sites (tertiary alicyclic amines) is 1. The van der Waals surface area contributed by atoms with Gasteiger partial charge < -0.3 is 24.3 Å². The van der Waals surface area contributed by atoms with Crippen LogP contribution in [0.15, 0.2) is 60.9 Å². The normalized spacial score (nSPS) is 18.1. The predicted octanol–water partition coefficient (Wildman–Crippen LogP) is 3.33. The molecule has 0 unspecified atom stereocenters. The minimum Gasteiger partial charge on any atom is -0.496 e. The van der Waals surface area contributed by atoms with E-state index in [0.29, 0.717) is 51.3 Å². The van der Waals surface area contributed by atoms with Crippen molar-refractivity contribution in [2.45, 2.75) is 38.6 Å². The van der Waals surface area contributed by atoms with Crippen molar-refractivity contribution in [3.8, 4) is 5.75 Å². The van der Waals surface area contributed by atoms with Gasteiger partial charge in [0, 0.05) is 31.1 Å². The van der Waals surface area contributed by atoms with Crippen LogP contribution in [0.5, 0.6) is 5.75 Å². The molecule has 0 saturated carbocycles. The minimum atomic E-state index is -0.111. The Kier molecular flexibility index (Phi) is 6.81. The molecule has 1 saturated heterocycles. The molecule has 3 heterocycles. The van der Waals surface area contributed by atoms with Crippen LogP contribution in [0, 0.1) is 5.92 Å².